The molecule has 1 aromatic carbocycles. The summed E-state index contributed by atoms with van der Waals surface area (Å²) in [6.07, 6.45) is 5.60. The first kappa shape index (κ1) is 29.6. The first-order chi connectivity index (χ1) is 19.5. The number of carbonyl (C=O) groups is 1. The Kier molecular flexibility index (Phi) is 8.48. The number of hydrogen-bond acceptors (Lipinski definition) is 8. The van der Waals surface area contributed by atoms with Crippen LogP contribution in [0.2, 0.25) is 0 Å². The minimum atomic E-state index is -1.13. The van der Waals surface area contributed by atoms with Crippen LogP contribution in [0.3, 0.4) is 0 Å². The Labute approximate surface area is 242 Å². The molecule has 5 rings (SSSR count). The van der Waals surface area contributed by atoms with Crippen molar-refractivity contribution in [3.8, 4) is 0 Å². The predicted molar refractivity (Wildman–Crippen MR) is 157 cm³/mol. The molecule has 1 unspecified atom stereocenters. The van der Waals surface area contributed by atoms with Crippen molar-refractivity contribution >= 4 is 22.8 Å². The van der Waals surface area contributed by atoms with Crippen LogP contribution in [-0.4, -0.2) is 84.5 Å². The van der Waals surface area contributed by atoms with Gasteiger partial charge < -0.3 is 25.2 Å². The molecule has 222 valence electrons. The molecule has 5 atom stereocenters. The Balaban J connectivity index is 1.17. The zero-order valence-electron chi connectivity index (χ0n) is 24.7. The maximum atomic E-state index is 12.7. The number of ketones is 1. The third kappa shape index (κ3) is 6.30. The zero-order chi connectivity index (χ0) is 29.4. The molecule has 0 spiro atoms. The van der Waals surface area contributed by atoms with Gasteiger partial charge in [-0.3, -0.25) is 9.36 Å². The molecule has 3 aromatic rings. The standard InChI is InChI=1S/C31H45N6O4/c1-31(2,3)21-13-11-20(12-14-21)16-23(38)10-5-6-15-37(4,22-8-7-9-22)17-24-26(39)27(40)30(41-24)36-19-35-25-28(32)33-18-34-29(25)36/h11-14,18-19,22,24,26-27,30,39-40H,5-10,15-17H2,1-4H3,(H2,32,33,34)/q+1/t24-,26-,27-,30-,37?/m1/s1. The summed E-state index contributed by atoms with van der Waals surface area (Å²) < 4.78 is 8.66. The number of nitrogens with zero attached hydrogens (tertiary/aromatic N) is 5. The molecule has 0 bridgehead atoms. The quantitative estimate of drug-likeness (QED) is 0.238. The van der Waals surface area contributed by atoms with Gasteiger partial charge in [0.25, 0.3) is 0 Å². The lowest BCUT2D eigenvalue weighted by molar-refractivity contribution is -0.942. The molecule has 0 radical (unpaired) electrons. The van der Waals surface area contributed by atoms with Gasteiger partial charge in [-0.1, -0.05) is 45.0 Å². The van der Waals surface area contributed by atoms with Gasteiger partial charge in [-0.05, 0) is 48.6 Å². The summed E-state index contributed by atoms with van der Waals surface area (Å²) in [7, 11) is 2.22. The number of aromatic nitrogens is 4. The van der Waals surface area contributed by atoms with Crippen molar-refractivity contribution in [2.24, 2.45) is 0 Å². The van der Waals surface area contributed by atoms with Crippen molar-refractivity contribution in [1.29, 1.82) is 0 Å². The number of nitrogens with two attached hydrogens (primary N) is 1. The van der Waals surface area contributed by atoms with Crippen LogP contribution >= 0.6 is 0 Å². The third-order valence-electron chi connectivity index (χ3n) is 9.15. The highest BCUT2D eigenvalue weighted by Crippen LogP contribution is 2.36. The Bertz CT molecular complexity index is 1350. The van der Waals surface area contributed by atoms with Crippen LogP contribution in [0.25, 0.3) is 11.2 Å². The van der Waals surface area contributed by atoms with E-state index >= 15 is 0 Å². The maximum absolute atomic E-state index is 12.7. The van der Waals surface area contributed by atoms with Crippen LogP contribution in [0.4, 0.5) is 5.82 Å². The molecule has 2 aliphatic rings. The number of hydrogen-bond donors (Lipinski definition) is 3. The highest BCUT2D eigenvalue weighted by molar-refractivity contribution is 5.81. The van der Waals surface area contributed by atoms with Crippen molar-refractivity contribution in [1.82, 2.24) is 19.5 Å². The molecular weight excluding hydrogens is 520 g/mol. The normalized spacial score (nSPS) is 24.8. The number of ether oxygens (including phenoxy) is 1. The highest BCUT2D eigenvalue weighted by Gasteiger charge is 2.49. The van der Waals surface area contributed by atoms with E-state index in [9.17, 15) is 15.0 Å². The van der Waals surface area contributed by atoms with Gasteiger partial charge in [0, 0.05) is 12.8 Å². The fourth-order valence-electron chi connectivity index (χ4n) is 6.24. The van der Waals surface area contributed by atoms with Crippen molar-refractivity contribution in [3.63, 3.8) is 0 Å². The van der Waals surface area contributed by atoms with Crippen LogP contribution in [0.1, 0.15) is 76.7 Å². The minimum absolute atomic E-state index is 0.101. The fraction of sp³-hybridized carbons (Fsp3) is 0.613. The average Bonchev–Trinajstić information content (AvgIpc) is 3.43. The Morgan fingerprint density at radius 2 is 1.83 bits per heavy atom. The highest BCUT2D eigenvalue weighted by atomic mass is 16.6. The fourth-order valence-corrected chi connectivity index (χ4v) is 6.24. The lowest BCUT2D eigenvalue weighted by Crippen LogP contribution is -2.60. The molecule has 4 N–H and O–H groups in total. The Hall–Kier alpha value is -2.92. The first-order valence-corrected chi connectivity index (χ1v) is 14.9. The van der Waals surface area contributed by atoms with Crippen molar-refractivity contribution < 1.29 is 24.2 Å². The second kappa shape index (κ2) is 11.8. The van der Waals surface area contributed by atoms with Crippen LogP contribution < -0.4 is 5.73 Å². The van der Waals surface area contributed by atoms with Gasteiger partial charge in [0.05, 0.1) is 26.0 Å². The molecule has 1 aliphatic heterocycles. The van der Waals surface area contributed by atoms with Gasteiger partial charge in [-0.2, -0.15) is 0 Å². The number of Topliss-reactive ketones (excluding diaryl/α,β-unsaturated/α-hetero) is 1. The number of aliphatic hydroxyl groups is 2. The first-order valence-electron chi connectivity index (χ1n) is 14.9. The number of carbonyl (C=O) groups excluding carboxylic acids is 1. The van der Waals surface area contributed by atoms with Crippen LogP contribution in [-0.2, 0) is 21.4 Å². The number of fused-ring (bicyclic) bond motifs is 1. The lowest BCUT2D eigenvalue weighted by Gasteiger charge is -2.47. The second-order valence-corrected chi connectivity index (χ2v) is 13.2. The SMILES string of the molecule is CC(C)(C)c1ccc(CC(=O)CCCC[N+](C)(C[C@H]2O[C@@H](n3cnc4c(N)ncnc43)[C@H](O)[C@@H]2O)C2CCC2)cc1. The van der Waals surface area contributed by atoms with E-state index in [2.05, 4.69) is 67.0 Å². The largest absolute Gasteiger partial charge is 0.387 e. The molecule has 10 nitrogen and oxygen atoms in total. The van der Waals surface area contributed by atoms with Gasteiger partial charge >= 0.3 is 0 Å². The van der Waals surface area contributed by atoms with E-state index in [0.717, 1.165) is 42.3 Å². The number of benzene rings is 1. The van der Waals surface area contributed by atoms with Crippen LogP contribution in [0, 0.1) is 0 Å². The molecular formula is C31H45N6O4+. The zero-order valence-corrected chi connectivity index (χ0v) is 24.7. The van der Waals surface area contributed by atoms with Crippen LogP contribution in [0.5, 0.6) is 0 Å². The van der Waals surface area contributed by atoms with E-state index in [1.807, 2.05) is 0 Å². The van der Waals surface area contributed by atoms with Gasteiger partial charge in [0.15, 0.2) is 17.7 Å². The van der Waals surface area contributed by atoms with E-state index in [0.29, 0.717) is 36.6 Å². The summed E-state index contributed by atoms with van der Waals surface area (Å²) in [5.41, 5.74) is 9.26. The van der Waals surface area contributed by atoms with Crippen molar-refractivity contribution in [2.45, 2.75) is 102 Å². The molecule has 0 amide bonds. The number of quaternary nitrogens is 1. The number of nitrogen functional groups attached to an aromatic ring is 1. The molecule has 1 saturated heterocycles. The molecule has 2 aromatic heterocycles. The van der Waals surface area contributed by atoms with E-state index in [-0.39, 0.29) is 17.0 Å². The number of anilines is 1. The topological polar surface area (TPSA) is 136 Å². The summed E-state index contributed by atoms with van der Waals surface area (Å²) in [5, 5.41) is 22.0. The van der Waals surface area contributed by atoms with Gasteiger partial charge in [-0.15, -0.1) is 0 Å². The van der Waals surface area contributed by atoms with E-state index in [4.69, 9.17) is 10.5 Å². The molecule has 41 heavy (non-hydrogen) atoms. The lowest BCUT2D eigenvalue weighted by atomic mass is 9.86. The molecule has 1 aliphatic carbocycles. The smallest absolute Gasteiger partial charge is 0.167 e. The van der Waals surface area contributed by atoms with E-state index in [1.165, 1.54) is 24.6 Å². The monoisotopic (exact) mass is 565 g/mol. The van der Waals surface area contributed by atoms with Gasteiger partial charge in [0.2, 0.25) is 0 Å². The number of rotatable bonds is 11. The molecule has 10 heteroatoms. The van der Waals surface area contributed by atoms with Gasteiger partial charge in [-0.25, -0.2) is 15.0 Å². The number of likely N-dealkylation sites (N-methyl/N-ethyl adjacent to an activating group) is 1. The van der Waals surface area contributed by atoms with Gasteiger partial charge in [0.1, 0.15) is 42.5 Å². The molecule has 3 heterocycles. The number of unbranched alkanes of at least 4 members (excludes halogenated alkanes) is 1. The van der Waals surface area contributed by atoms with E-state index in [1.54, 1.807) is 4.57 Å². The summed E-state index contributed by atoms with van der Waals surface area (Å²) in [6.45, 7) is 8.05. The maximum Gasteiger partial charge on any atom is 0.167 e. The molecule has 2 fully saturated rings. The second-order valence-electron chi connectivity index (χ2n) is 13.2. The number of imidazole rings is 1. The Morgan fingerprint density at radius 3 is 2.49 bits per heavy atom. The van der Waals surface area contributed by atoms with E-state index < -0.39 is 24.5 Å². The summed E-state index contributed by atoms with van der Waals surface area (Å²) >= 11 is 0. The minimum Gasteiger partial charge on any atom is -0.387 e. The predicted octanol–water partition coefficient (Wildman–Crippen LogP) is 3.31. The van der Waals surface area contributed by atoms with Crippen LogP contribution in [0.15, 0.2) is 36.9 Å². The molecule has 1 saturated carbocycles. The summed E-state index contributed by atoms with van der Waals surface area (Å²) in [6, 6.07) is 8.89. The summed E-state index contributed by atoms with van der Waals surface area (Å²) in [5.74, 6) is 0.522. The van der Waals surface area contributed by atoms with Crippen molar-refractivity contribution in [2.75, 3.05) is 25.9 Å². The Morgan fingerprint density at radius 1 is 1.10 bits per heavy atom. The summed E-state index contributed by atoms with van der Waals surface area (Å²) in [4.78, 5) is 25.3. The number of aliphatic hydroxyl groups excluding tert-OH is 2. The average molecular weight is 566 g/mol. The third-order valence-corrected chi connectivity index (χ3v) is 9.15. The van der Waals surface area contributed by atoms with Crippen molar-refractivity contribution in [3.05, 3.63) is 48.0 Å².